The van der Waals surface area contributed by atoms with Gasteiger partial charge in [-0.3, -0.25) is 14.9 Å². The first kappa shape index (κ1) is 20.2. The minimum atomic E-state index is -0.445. The average Bonchev–Trinajstić information content (AvgIpc) is 3.20. The van der Waals surface area contributed by atoms with Gasteiger partial charge in [0.15, 0.2) is 0 Å². The Balaban J connectivity index is 1.61. The molecular weight excluding hydrogens is 372 g/mol. The highest BCUT2D eigenvalue weighted by Crippen LogP contribution is 2.24. The lowest BCUT2D eigenvalue weighted by Crippen LogP contribution is -2.29. The Morgan fingerprint density at radius 1 is 1.21 bits per heavy atom. The van der Waals surface area contributed by atoms with E-state index in [1.54, 1.807) is 24.1 Å². The molecule has 0 radical (unpaired) electrons. The number of nitrogens with zero attached hydrogens (tertiary/aromatic N) is 4. The van der Waals surface area contributed by atoms with E-state index in [2.05, 4.69) is 10.2 Å². The summed E-state index contributed by atoms with van der Waals surface area (Å²) in [5, 5.41) is 19.0. The van der Waals surface area contributed by atoms with Gasteiger partial charge in [0.2, 0.25) is 17.7 Å². The molecule has 0 spiro atoms. The number of aryl methyl sites for hydroxylation is 2. The highest BCUT2D eigenvalue weighted by Gasteiger charge is 2.20. The SMILES string of the molecule is Cc1ccc(-c2nnc(CCC(=O)N(C)C(C)c3cccc([N+](=O)[O-])c3)o2)cc1. The van der Waals surface area contributed by atoms with E-state index in [-0.39, 0.29) is 24.1 Å². The zero-order valence-corrected chi connectivity index (χ0v) is 16.5. The van der Waals surface area contributed by atoms with E-state index >= 15 is 0 Å². The molecule has 0 saturated carbocycles. The van der Waals surface area contributed by atoms with E-state index in [1.165, 1.54) is 12.1 Å². The summed E-state index contributed by atoms with van der Waals surface area (Å²) in [6.45, 7) is 3.83. The second-order valence-electron chi connectivity index (χ2n) is 6.90. The van der Waals surface area contributed by atoms with Crippen LogP contribution >= 0.6 is 0 Å². The van der Waals surface area contributed by atoms with E-state index in [9.17, 15) is 14.9 Å². The van der Waals surface area contributed by atoms with Gasteiger partial charge in [-0.05, 0) is 31.5 Å². The minimum absolute atomic E-state index is 0.00435. The van der Waals surface area contributed by atoms with Crippen molar-refractivity contribution in [3.05, 3.63) is 75.7 Å². The molecule has 1 heterocycles. The number of non-ortho nitro benzene ring substituents is 1. The van der Waals surface area contributed by atoms with Crippen LogP contribution in [0.25, 0.3) is 11.5 Å². The molecule has 1 unspecified atom stereocenters. The summed E-state index contributed by atoms with van der Waals surface area (Å²) in [7, 11) is 1.68. The maximum Gasteiger partial charge on any atom is 0.269 e. The summed E-state index contributed by atoms with van der Waals surface area (Å²) in [5.74, 6) is 0.704. The van der Waals surface area contributed by atoms with Crippen molar-refractivity contribution in [1.29, 1.82) is 0 Å². The molecule has 0 aliphatic carbocycles. The smallest absolute Gasteiger partial charge is 0.269 e. The fourth-order valence-electron chi connectivity index (χ4n) is 2.90. The number of nitro benzene ring substituents is 1. The third-order valence-electron chi connectivity index (χ3n) is 4.86. The number of rotatable bonds is 7. The Bertz CT molecular complexity index is 1010. The van der Waals surface area contributed by atoms with E-state index in [1.807, 2.05) is 38.1 Å². The highest BCUT2D eigenvalue weighted by atomic mass is 16.6. The minimum Gasteiger partial charge on any atom is -0.421 e. The quantitative estimate of drug-likeness (QED) is 0.441. The van der Waals surface area contributed by atoms with Gasteiger partial charge in [0.1, 0.15) is 0 Å². The van der Waals surface area contributed by atoms with Crippen molar-refractivity contribution in [3.8, 4) is 11.5 Å². The maximum atomic E-state index is 12.6. The first-order valence-corrected chi connectivity index (χ1v) is 9.24. The number of amides is 1. The van der Waals surface area contributed by atoms with Crippen LogP contribution in [0.4, 0.5) is 5.69 Å². The van der Waals surface area contributed by atoms with Gasteiger partial charge in [0.05, 0.1) is 11.0 Å². The zero-order valence-electron chi connectivity index (χ0n) is 16.5. The number of nitro groups is 1. The number of aromatic nitrogens is 2. The average molecular weight is 394 g/mol. The van der Waals surface area contributed by atoms with E-state index in [0.29, 0.717) is 23.8 Å². The van der Waals surface area contributed by atoms with Gasteiger partial charge in [-0.25, -0.2) is 0 Å². The number of hydrogen-bond acceptors (Lipinski definition) is 6. The molecule has 0 fully saturated rings. The molecule has 0 aliphatic rings. The summed E-state index contributed by atoms with van der Waals surface area (Å²) in [5.41, 5.74) is 2.68. The molecule has 150 valence electrons. The van der Waals surface area contributed by atoms with Gasteiger partial charge in [0.25, 0.3) is 5.69 Å². The Kier molecular flexibility index (Phi) is 6.01. The maximum absolute atomic E-state index is 12.6. The highest BCUT2D eigenvalue weighted by molar-refractivity contribution is 5.76. The Labute approximate surface area is 168 Å². The molecule has 1 amide bonds. The summed E-state index contributed by atoms with van der Waals surface area (Å²) < 4.78 is 5.66. The van der Waals surface area contributed by atoms with Gasteiger partial charge < -0.3 is 9.32 Å². The second kappa shape index (κ2) is 8.64. The standard InChI is InChI=1S/C21H22N4O4/c1-14-7-9-16(10-8-14)21-23-22-19(29-21)11-12-20(26)24(3)15(2)17-5-4-6-18(13-17)25(27)28/h4-10,13,15H,11-12H2,1-3H3. The first-order valence-electron chi connectivity index (χ1n) is 9.24. The van der Waals surface area contributed by atoms with E-state index in [0.717, 1.165) is 11.1 Å². The van der Waals surface area contributed by atoms with Gasteiger partial charge in [0, 0.05) is 37.6 Å². The molecule has 29 heavy (non-hydrogen) atoms. The molecule has 2 aromatic carbocycles. The van der Waals surface area contributed by atoms with Gasteiger partial charge in [-0.1, -0.05) is 29.8 Å². The second-order valence-corrected chi connectivity index (χ2v) is 6.90. The van der Waals surface area contributed by atoms with Gasteiger partial charge in [-0.2, -0.15) is 0 Å². The van der Waals surface area contributed by atoms with Crippen LogP contribution in [-0.2, 0) is 11.2 Å². The topological polar surface area (TPSA) is 102 Å². The van der Waals surface area contributed by atoms with Gasteiger partial charge >= 0.3 is 0 Å². The summed E-state index contributed by atoms with van der Waals surface area (Å²) in [6.07, 6.45) is 0.523. The fraction of sp³-hybridized carbons (Fsp3) is 0.286. The first-order chi connectivity index (χ1) is 13.8. The van der Waals surface area contributed by atoms with Crippen molar-refractivity contribution in [2.24, 2.45) is 0 Å². The molecule has 0 N–H and O–H groups in total. The third kappa shape index (κ3) is 4.84. The van der Waals surface area contributed by atoms with Crippen molar-refractivity contribution in [1.82, 2.24) is 15.1 Å². The lowest BCUT2D eigenvalue weighted by molar-refractivity contribution is -0.384. The predicted molar refractivity (Wildman–Crippen MR) is 107 cm³/mol. The van der Waals surface area contributed by atoms with Crippen molar-refractivity contribution >= 4 is 11.6 Å². The van der Waals surface area contributed by atoms with Crippen molar-refractivity contribution in [3.63, 3.8) is 0 Å². The molecule has 8 nitrogen and oxygen atoms in total. The normalized spacial score (nSPS) is 11.8. The van der Waals surface area contributed by atoms with Crippen molar-refractivity contribution in [2.75, 3.05) is 7.05 Å². The monoisotopic (exact) mass is 394 g/mol. The van der Waals surface area contributed by atoms with Crippen LogP contribution in [-0.4, -0.2) is 33.0 Å². The number of benzene rings is 2. The molecule has 1 aromatic heterocycles. The predicted octanol–water partition coefficient (Wildman–Crippen LogP) is 4.11. The third-order valence-corrected chi connectivity index (χ3v) is 4.86. The van der Waals surface area contributed by atoms with Crippen LogP contribution in [0, 0.1) is 17.0 Å². The summed E-state index contributed by atoms with van der Waals surface area (Å²) in [6, 6.07) is 13.8. The number of hydrogen-bond donors (Lipinski definition) is 0. The van der Waals surface area contributed by atoms with Crippen molar-refractivity contribution in [2.45, 2.75) is 32.7 Å². The van der Waals surface area contributed by atoms with Crippen LogP contribution in [0.1, 0.15) is 36.4 Å². The van der Waals surface area contributed by atoms with Crippen LogP contribution < -0.4 is 0 Å². The van der Waals surface area contributed by atoms with Crippen LogP contribution in [0.3, 0.4) is 0 Å². The van der Waals surface area contributed by atoms with Crippen molar-refractivity contribution < 1.29 is 14.1 Å². The molecule has 1 atom stereocenters. The van der Waals surface area contributed by atoms with Crippen LogP contribution in [0.15, 0.2) is 52.9 Å². The Hall–Kier alpha value is -3.55. The Morgan fingerprint density at radius 3 is 2.62 bits per heavy atom. The largest absolute Gasteiger partial charge is 0.421 e. The van der Waals surface area contributed by atoms with E-state index in [4.69, 9.17) is 4.42 Å². The van der Waals surface area contributed by atoms with Gasteiger partial charge in [-0.15, -0.1) is 10.2 Å². The molecule has 3 rings (SSSR count). The summed E-state index contributed by atoms with van der Waals surface area (Å²) in [4.78, 5) is 24.6. The molecule has 0 saturated heterocycles. The zero-order chi connectivity index (χ0) is 21.0. The van der Waals surface area contributed by atoms with Crippen LogP contribution in [0.2, 0.25) is 0 Å². The summed E-state index contributed by atoms with van der Waals surface area (Å²) >= 11 is 0. The molecule has 0 bridgehead atoms. The lowest BCUT2D eigenvalue weighted by Gasteiger charge is -2.25. The number of carbonyl (C=O) groups is 1. The molecule has 8 heteroatoms. The fourth-order valence-corrected chi connectivity index (χ4v) is 2.90. The van der Waals surface area contributed by atoms with Crippen LogP contribution in [0.5, 0.6) is 0 Å². The lowest BCUT2D eigenvalue weighted by atomic mass is 10.1. The molecule has 0 aliphatic heterocycles. The molecular formula is C21H22N4O4. The van der Waals surface area contributed by atoms with E-state index < -0.39 is 4.92 Å². The Morgan fingerprint density at radius 2 is 1.93 bits per heavy atom. The molecule has 3 aromatic rings. The number of carbonyl (C=O) groups excluding carboxylic acids is 1.